The molecule has 0 N–H and O–H groups in total. The molecule has 0 aromatic heterocycles. The Balaban J connectivity index is 1.07. The van der Waals surface area contributed by atoms with Crippen molar-refractivity contribution in [1.82, 2.24) is 0 Å². The summed E-state index contributed by atoms with van der Waals surface area (Å²) in [5, 5.41) is 2.60. The zero-order chi connectivity index (χ0) is 41.9. The zero-order valence-corrected chi connectivity index (χ0v) is 35.3. The van der Waals surface area contributed by atoms with Crippen molar-refractivity contribution in [3.63, 3.8) is 0 Å². The first kappa shape index (κ1) is 36.0. The van der Waals surface area contributed by atoms with Crippen LogP contribution in [0.4, 0.5) is 17.1 Å². The first-order valence-electron chi connectivity index (χ1n) is 22.2. The molecule has 0 atom stereocenters. The van der Waals surface area contributed by atoms with E-state index in [1.807, 2.05) is 0 Å². The monoisotopic (exact) mass is 801 g/mol. The van der Waals surface area contributed by atoms with E-state index < -0.39 is 5.41 Å². The van der Waals surface area contributed by atoms with Crippen molar-refractivity contribution in [2.45, 2.75) is 24.7 Å². The van der Waals surface area contributed by atoms with Crippen LogP contribution in [0.1, 0.15) is 47.2 Å². The van der Waals surface area contributed by atoms with Gasteiger partial charge in [0.2, 0.25) is 0 Å². The molecule has 0 saturated carbocycles. The quantitative estimate of drug-likeness (QED) is 0.168. The molecule has 0 bridgehead atoms. The lowest BCUT2D eigenvalue weighted by molar-refractivity contribution is 0.666. The number of anilines is 3. The van der Waals surface area contributed by atoms with Crippen molar-refractivity contribution >= 4 is 27.8 Å². The Labute approximate surface area is 369 Å². The van der Waals surface area contributed by atoms with Crippen LogP contribution in [-0.4, -0.2) is 0 Å². The lowest BCUT2D eigenvalue weighted by Crippen LogP contribution is -2.26. The summed E-state index contributed by atoms with van der Waals surface area (Å²) in [5.74, 6) is 0. The third kappa shape index (κ3) is 4.99. The second-order valence-corrected chi connectivity index (χ2v) is 18.0. The van der Waals surface area contributed by atoms with Crippen molar-refractivity contribution in [3.05, 3.63) is 258 Å². The molecule has 0 unspecified atom stereocenters. The highest BCUT2D eigenvalue weighted by Gasteiger charge is 2.51. The van der Waals surface area contributed by atoms with Crippen molar-refractivity contribution in [2.24, 2.45) is 0 Å². The summed E-state index contributed by atoms with van der Waals surface area (Å²) in [6, 6.07) is 83.9. The Hall–Kier alpha value is -7.74. The highest BCUT2D eigenvalue weighted by molar-refractivity contribution is 6.06. The molecule has 1 spiro atoms. The van der Waals surface area contributed by atoms with Crippen molar-refractivity contribution < 1.29 is 0 Å². The fraction of sp³-hybridized carbons (Fsp3) is 0.0645. The van der Waals surface area contributed by atoms with Gasteiger partial charge in [-0.2, -0.15) is 0 Å². The average Bonchev–Trinajstić information content (AvgIpc) is 3.90. The van der Waals surface area contributed by atoms with E-state index in [1.54, 1.807) is 0 Å². The van der Waals surface area contributed by atoms with Gasteiger partial charge in [0, 0.05) is 22.5 Å². The van der Waals surface area contributed by atoms with E-state index in [1.165, 1.54) is 99.8 Å². The molecule has 1 nitrogen and oxygen atoms in total. The van der Waals surface area contributed by atoms with Crippen molar-refractivity contribution in [1.29, 1.82) is 0 Å². The van der Waals surface area contributed by atoms with Gasteiger partial charge < -0.3 is 4.90 Å². The Morgan fingerprint density at radius 3 is 1.46 bits per heavy atom. The van der Waals surface area contributed by atoms with Gasteiger partial charge in [-0.25, -0.2) is 0 Å². The minimum Gasteiger partial charge on any atom is -0.310 e. The summed E-state index contributed by atoms with van der Waals surface area (Å²) in [4.78, 5) is 2.49. The van der Waals surface area contributed by atoms with E-state index in [0.29, 0.717) is 0 Å². The van der Waals surface area contributed by atoms with E-state index >= 15 is 0 Å². The van der Waals surface area contributed by atoms with E-state index in [2.05, 4.69) is 243 Å². The molecule has 0 heterocycles. The van der Waals surface area contributed by atoms with Gasteiger partial charge in [0.1, 0.15) is 0 Å². The smallest absolute Gasteiger partial charge is 0.0726 e. The second kappa shape index (κ2) is 13.4. The van der Waals surface area contributed by atoms with Crippen LogP contribution in [0.5, 0.6) is 0 Å². The molecule has 13 rings (SSSR count). The SMILES string of the molecule is CC1(C)c2ccc(N(c3ccc(-c4ccccc4)cc3)c3ccc4c(c3)C3(c5ccccc5-c5ccccc53)c3ccccc3-4)cc2-c2c(-c3ccccc3)cc3ccccc3c21. The number of hydrogen-bond acceptors (Lipinski definition) is 1. The fourth-order valence-electron chi connectivity index (χ4n) is 11.8. The van der Waals surface area contributed by atoms with Crippen LogP contribution >= 0.6 is 0 Å². The highest BCUT2D eigenvalue weighted by Crippen LogP contribution is 2.63. The molecule has 10 aromatic rings. The van der Waals surface area contributed by atoms with Gasteiger partial charge in [-0.15, -0.1) is 0 Å². The van der Waals surface area contributed by atoms with Gasteiger partial charge in [0.25, 0.3) is 0 Å². The average molecular weight is 802 g/mol. The van der Waals surface area contributed by atoms with Crippen LogP contribution in [0.15, 0.2) is 224 Å². The standard InChI is InChI=1S/C62H43N/c1-61(2)54-36-34-45(38-53(54)59-52(42-19-7-4-8-20-42)37-43-21-9-10-22-47(43)60(59)61)63(44-31-29-41(30-32-44)40-17-5-3-6-18-40)46-33-35-51-50-25-13-16-28-57(50)62(58(51)39-46)55-26-14-11-23-48(55)49-24-12-15-27-56(49)62/h3-39H,1-2H3. The molecule has 63 heavy (non-hydrogen) atoms. The molecule has 0 amide bonds. The van der Waals surface area contributed by atoms with Gasteiger partial charge in [-0.1, -0.05) is 196 Å². The van der Waals surface area contributed by atoms with E-state index in [0.717, 1.165) is 17.1 Å². The molecular formula is C62H43N. The number of fused-ring (bicyclic) bond motifs is 15. The van der Waals surface area contributed by atoms with Crippen LogP contribution in [-0.2, 0) is 10.8 Å². The van der Waals surface area contributed by atoms with Crippen LogP contribution in [0.3, 0.4) is 0 Å². The molecule has 0 fully saturated rings. The molecular weight excluding hydrogens is 759 g/mol. The molecule has 296 valence electrons. The van der Waals surface area contributed by atoms with Gasteiger partial charge >= 0.3 is 0 Å². The van der Waals surface area contributed by atoms with Crippen molar-refractivity contribution in [2.75, 3.05) is 4.90 Å². The summed E-state index contributed by atoms with van der Waals surface area (Å²) < 4.78 is 0. The predicted octanol–water partition coefficient (Wildman–Crippen LogP) is 16.3. The highest BCUT2D eigenvalue weighted by atomic mass is 15.1. The van der Waals surface area contributed by atoms with Gasteiger partial charge in [-0.05, 0) is 142 Å². The number of nitrogens with zero attached hydrogens (tertiary/aromatic N) is 1. The molecule has 0 radical (unpaired) electrons. The minimum absolute atomic E-state index is 0.204. The largest absolute Gasteiger partial charge is 0.310 e. The predicted molar refractivity (Wildman–Crippen MR) is 263 cm³/mol. The first-order valence-corrected chi connectivity index (χ1v) is 22.2. The van der Waals surface area contributed by atoms with Crippen molar-refractivity contribution in [3.8, 4) is 55.6 Å². The molecule has 3 aliphatic rings. The van der Waals surface area contributed by atoms with E-state index in [9.17, 15) is 0 Å². The second-order valence-electron chi connectivity index (χ2n) is 18.0. The van der Waals surface area contributed by atoms with E-state index in [4.69, 9.17) is 0 Å². The Morgan fingerprint density at radius 1 is 0.317 bits per heavy atom. The van der Waals surface area contributed by atoms with Crippen LogP contribution < -0.4 is 4.90 Å². The van der Waals surface area contributed by atoms with Crippen LogP contribution in [0.25, 0.3) is 66.4 Å². The topological polar surface area (TPSA) is 3.24 Å². The summed E-state index contributed by atoms with van der Waals surface area (Å²) in [5.41, 5.74) is 23.7. The molecule has 10 aromatic carbocycles. The first-order chi connectivity index (χ1) is 31.0. The van der Waals surface area contributed by atoms with Gasteiger partial charge in [-0.3, -0.25) is 0 Å². The van der Waals surface area contributed by atoms with Gasteiger partial charge in [0.15, 0.2) is 0 Å². The van der Waals surface area contributed by atoms with Crippen LogP contribution in [0, 0.1) is 0 Å². The number of benzene rings is 10. The number of rotatable bonds is 5. The Morgan fingerprint density at radius 2 is 0.810 bits per heavy atom. The summed E-state index contributed by atoms with van der Waals surface area (Å²) in [6.07, 6.45) is 0. The van der Waals surface area contributed by atoms with E-state index in [-0.39, 0.29) is 5.41 Å². The third-order valence-corrected chi connectivity index (χ3v) is 14.4. The summed E-state index contributed by atoms with van der Waals surface area (Å²) >= 11 is 0. The van der Waals surface area contributed by atoms with Crippen LogP contribution in [0.2, 0.25) is 0 Å². The van der Waals surface area contributed by atoms with Gasteiger partial charge in [0.05, 0.1) is 5.41 Å². The fourth-order valence-corrected chi connectivity index (χ4v) is 11.8. The molecule has 1 heteroatoms. The third-order valence-electron chi connectivity index (χ3n) is 14.4. The maximum Gasteiger partial charge on any atom is 0.0726 e. The molecule has 0 saturated heterocycles. The lowest BCUT2D eigenvalue weighted by Gasteiger charge is -2.32. The Kier molecular flexibility index (Phi) is 7.64. The lowest BCUT2D eigenvalue weighted by atomic mass is 9.70. The molecule has 0 aliphatic heterocycles. The number of hydrogen-bond donors (Lipinski definition) is 0. The summed E-state index contributed by atoms with van der Waals surface area (Å²) in [6.45, 7) is 4.82. The maximum absolute atomic E-state index is 2.51. The normalized spacial score (nSPS) is 14.1. The minimum atomic E-state index is -0.440. The maximum atomic E-state index is 2.51. The Bertz CT molecular complexity index is 3400. The zero-order valence-electron chi connectivity index (χ0n) is 35.3. The molecule has 3 aliphatic carbocycles. The summed E-state index contributed by atoms with van der Waals surface area (Å²) in [7, 11) is 0.